The maximum absolute atomic E-state index is 12.5. The summed E-state index contributed by atoms with van der Waals surface area (Å²) >= 11 is 0. The van der Waals surface area contributed by atoms with Gasteiger partial charge in [0, 0.05) is 13.2 Å². The fourth-order valence-electron chi connectivity index (χ4n) is 2.35. The molecular formula is C13H20N4O2. The molecular weight excluding hydrogens is 244 g/mol. The van der Waals surface area contributed by atoms with Crippen molar-refractivity contribution >= 4 is 17.5 Å². The topological polar surface area (TPSA) is 67.2 Å². The SMILES string of the molecule is CCC(C)C1NC(=O)CN(c2cn(C)nc2C)C1=O. The number of nitrogens with one attached hydrogen (secondary N) is 1. The zero-order chi connectivity index (χ0) is 14.2. The summed E-state index contributed by atoms with van der Waals surface area (Å²) in [7, 11) is 1.80. The van der Waals surface area contributed by atoms with Gasteiger partial charge in [0.1, 0.15) is 12.6 Å². The Morgan fingerprint density at radius 2 is 2.21 bits per heavy atom. The number of anilines is 1. The van der Waals surface area contributed by atoms with Crippen molar-refractivity contribution < 1.29 is 9.59 Å². The second-order valence-corrected chi connectivity index (χ2v) is 5.13. The van der Waals surface area contributed by atoms with Crippen molar-refractivity contribution in [2.75, 3.05) is 11.4 Å². The molecule has 0 radical (unpaired) electrons. The second kappa shape index (κ2) is 5.03. The molecule has 1 aromatic heterocycles. The lowest BCUT2D eigenvalue weighted by atomic mass is 9.96. The zero-order valence-corrected chi connectivity index (χ0v) is 11.8. The van der Waals surface area contributed by atoms with Crippen molar-refractivity contribution in [3.8, 4) is 0 Å². The normalized spacial score (nSPS) is 21.5. The van der Waals surface area contributed by atoms with Crippen LogP contribution in [0.1, 0.15) is 26.0 Å². The summed E-state index contributed by atoms with van der Waals surface area (Å²) in [6.07, 6.45) is 2.62. The van der Waals surface area contributed by atoms with Crippen LogP contribution in [0, 0.1) is 12.8 Å². The number of amides is 2. The third-order valence-electron chi connectivity index (χ3n) is 3.64. The summed E-state index contributed by atoms with van der Waals surface area (Å²) in [5.41, 5.74) is 1.48. The van der Waals surface area contributed by atoms with Gasteiger partial charge in [-0.25, -0.2) is 0 Å². The van der Waals surface area contributed by atoms with E-state index in [1.54, 1.807) is 17.9 Å². The van der Waals surface area contributed by atoms with E-state index in [4.69, 9.17) is 0 Å². The third kappa shape index (κ3) is 2.47. The van der Waals surface area contributed by atoms with E-state index in [9.17, 15) is 9.59 Å². The Kier molecular flexibility index (Phi) is 3.59. The first-order chi connectivity index (χ1) is 8.93. The molecule has 0 aromatic carbocycles. The van der Waals surface area contributed by atoms with Crippen LogP contribution < -0.4 is 10.2 Å². The van der Waals surface area contributed by atoms with Crippen LogP contribution >= 0.6 is 0 Å². The zero-order valence-electron chi connectivity index (χ0n) is 11.8. The van der Waals surface area contributed by atoms with Crippen LogP contribution in [0.2, 0.25) is 0 Å². The molecule has 1 fully saturated rings. The van der Waals surface area contributed by atoms with Crippen molar-refractivity contribution in [3.63, 3.8) is 0 Å². The molecule has 6 heteroatoms. The van der Waals surface area contributed by atoms with Gasteiger partial charge in [-0.3, -0.25) is 19.2 Å². The Balaban J connectivity index is 2.32. The monoisotopic (exact) mass is 264 g/mol. The maximum Gasteiger partial charge on any atom is 0.250 e. The van der Waals surface area contributed by atoms with Crippen LogP contribution in [-0.4, -0.2) is 34.2 Å². The van der Waals surface area contributed by atoms with Crippen molar-refractivity contribution in [3.05, 3.63) is 11.9 Å². The minimum atomic E-state index is -0.439. The van der Waals surface area contributed by atoms with Gasteiger partial charge in [0.2, 0.25) is 11.8 Å². The highest BCUT2D eigenvalue weighted by Crippen LogP contribution is 2.23. The molecule has 0 aliphatic carbocycles. The van der Waals surface area contributed by atoms with Crippen LogP contribution in [0.25, 0.3) is 0 Å². The Bertz CT molecular complexity index is 509. The summed E-state index contributed by atoms with van der Waals surface area (Å²) in [5, 5.41) is 7.01. The number of hydrogen-bond acceptors (Lipinski definition) is 3. The third-order valence-corrected chi connectivity index (χ3v) is 3.64. The van der Waals surface area contributed by atoms with Crippen molar-refractivity contribution in [2.45, 2.75) is 33.2 Å². The van der Waals surface area contributed by atoms with E-state index < -0.39 is 6.04 Å². The lowest BCUT2D eigenvalue weighted by molar-refractivity contribution is -0.132. The number of aryl methyl sites for hydroxylation is 2. The molecule has 1 N–H and O–H groups in total. The lowest BCUT2D eigenvalue weighted by Gasteiger charge is -2.34. The molecule has 1 aromatic rings. The number of rotatable bonds is 3. The summed E-state index contributed by atoms with van der Waals surface area (Å²) in [6, 6.07) is -0.439. The van der Waals surface area contributed by atoms with Crippen molar-refractivity contribution in [2.24, 2.45) is 13.0 Å². The predicted octanol–water partition coefficient (Wildman–Crippen LogP) is 0.606. The van der Waals surface area contributed by atoms with E-state index in [1.165, 1.54) is 4.90 Å². The molecule has 1 aliphatic heterocycles. The molecule has 2 atom stereocenters. The fraction of sp³-hybridized carbons (Fsp3) is 0.615. The van der Waals surface area contributed by atoms with Gasteiger partial charge < -0.3 is 5.32 Å². The number of carbonyl (C=O) groups excluding carboxylic acids is 2. The van der Waals surface area contributed by atoms with Crippen LogP contribution in [0.3, 0.4) is 0 Å². The average molecular weight is 264 g/mol. The van der Waals surface area contributed by atoms with Gasteiger partial charge in [-0.05, 0) is 12.8 Å². The van der Waals surface area contributed by atoms with E-state index in [-0.39, 0.29) is 24.3 Å². The molecule has 1 aliphatic rings. The first kappa shape index (κ1) is 13.6. The predicted molar refractivity (Wildman–Crippen MR) is 71.7 cm³/mol. The highest BCUT2D eigenvalue weighted by Gasteiger charge is 2.37. The van der Waals surface area contributed by atoms with E-state index in [1.807, 2.05) is 20.8 Å². The molecule has 2 amide bonds. The van der Waals surface area contributed by atoms with Gasteiger partial charge in [-0.2, -0.15) is 5.10 Å². The summed E-state index contributed by atoms with van der Waals surface area (Å²) in [6.45, 7) is 5.90. The smallest absolute Gasteiger partial charge is 0.250 e. The number of hydrogen-bond donors (Lipinski definition) is 1. The van der Waals surface area contributed by atoms with Crippen LogP contribution in [0.15, 0.2) is 6.20 Å². The van der Waals surface area contributed by atoms with Gasteiger partial charge in [-0.15, -0.1) is 0 Å². The largest absolute Gasteiger partial charge is 0.342 e. The molecule has 0 bridgehead atoms. The molecule has 104 valence electrons. The number of aromatic nitrogens is 2. The van der Waals surface area contributed by atoms with Crippen LogP contribution in [0.4, 0.5) is 5.69 Å². The summed E-state index contributed by atoms with van der Waals surface area (Å²) < 4.78 is 1.66. The molecule has 0 saturated carbocycles. The highest BCUT2D eigenvalue weighted by molar-refractivity contribution is 6.06. The average Bonchev–Trinajstić information content (AvgIpc) is 2.70. The van der Waals surface area contributed by atoms with E-state index in [0.29, 0.717) is 0 Å². The standard InChI is InChI=1S/C13H20N4O2/c1-5-8(2)12-13(19)17(7-11(18)14-12)10-6-16(4)15-9(10)3/h6,8,12H,5,7H2,1-4H3,(H,14,18). The molecule has 1 saturated heterocycles. The van der Waals surface area contributed by atoms with E-state index >= 15 is 0 Å². The number of carbonyl (C=O) groups is 2. The lowest BCUT2D eigenvalue weighted by Crippen LogP contribution is -2.60. The molecule has 19 heavy (non-hydrogen) atoms. The summed E-state index contributed by atoms with van der Waals surface area (Å²) in [4.78, 5) is 25.9. The minimum absolute atomic E-state index is 0.0509. The minimum Gasteiger partial charge on any atom is -0.342 e. The molecule has 2 rings (SSSR count). The van der Waals surface area contributed by atoms with Crippen molar-refractivity contribution in [1.29, 1.82) is 0 Å². The molecule has 2 heterocycles. The second-order valence-electron chi connectivity index (χ2n) is 5.13. The Labute approximate surface area is 112 Å². The Morgan fingerprint density at radius 3 is 2.74 bits per heavy atom. The van der Waals surface area contributed by atoms with Gasteiger partial charge in [-0.1, -0.05) is 20.3 Å². The molecule has 2 unspecified atom stereocenters. The first-order valence-electron chi connectivity index (χ1n) is 6.55. The maximum atomic E-state index is 12.5. The fourth-order valence-corrected chi connectivity index (χ4v) is 2.35. The Morgan fingerprint density at radius 1 is 1.53 bits per heavy atom. The highest BCUT2D eigenvalue weighted by atomic mass is 16.2. The van der Waals surface area contributed by atoms with Crippen molar-refractivity contribution in [1.82, 2.24) is 15.1 Å². The van der Waals surface area contributed by atoms with Gasteiger partial charge >= 0.3 is 0 Å². The van der Waals surface area contributed by atoms with Crippen LogP contribution in [0.5, 0.6) is 0 Å². The molecule has 0 spiro atoms. The van der Waals surface area contributed by atoms with E-state index in [2.05, 4.69) is 10.4 Å². The quantitative estimate of drug-likeness (QED) is 0.869. The number of piperazine rings is 1. The number of nitrogens with zero attached hydrogens (tertiary/aromatic N) is 3. The van der Waals surface area contributed by atoms with Crippen LogP contribution in [-0.2, 0) is 16.6 Å². The Hall–Kier alpha value is -1.85. The molecule has 6 nitrogen and oxygen atoms in total. The van der Waals surface area contributed by atoms with Gasteiger partial charge in [0.25, 0.3) is 0 Å². The summed E-state index contributed by atoms with van der Waals surface area (Å²) in [5.74, 6) is -0.0468. The van der Waals surface area contributed by atoms with E-state index in [0.717, 1.165) is 17.8 Å². The van der Waals surface area contributed by atoms with Gasteiger partial charge in [0.05, 0.1) is 11.4 Å². The van der Waals surface area contributed by atoms with Gasteiger partial charge in [0.15, 0.2) is 0 Å². The first-order valence-corrected chi connectivity index (χ1v) is 6.55.